The van der Waals surface area contributed by atoms with Gasteiger partial charge in [-0.05, 0) is 47.0 Å². The van der Waals surface area contributed by atoms with E-state index in [0.717, 1.165) is 28.1 Å². The second-order valence-electron chi connectivity index (χ2n) is 8.03. The number of pyridine rings is 1. The molecule has 162 valence electrons. The first kappa shape index (κ1) is 20.6. The summed E-state index contributed by atoms with van der Waals surface area (Å²) in [6.45, 7) is 0.797. The number of nitrogens with zero attached hydrogens (tertiary/aromatic N) is 3. The third-order valence-corrected chi connectivity index (χ3v) is 5.86. The molecule has 0 spiro atoms. The van der Waals surface area contributed by atoms with E-state index in [1.165, 1.54) is 0 Å². The van der Waals surface area contributed by atoms with Crippen molar-refractivity contribution in [3.8, 4) is 11.1 Å². The molecular weight excluding hydrogens is 410 g/mol. The third-order valence-electron chi connectivity index (χ3n) is 5.86. The molecule has 0 aliphatic carbocycles. The number of rotatable bonds is 6. The third kappa shape index (κ3) is 4.39. The largest absolute Gasteiger partial charge is 0.325 e. The standard InChI is InChI=1S/C28H23N3O2/c32-27(20-30-18-23-10-4-5-12-26(23)28(30)33)31(19-24-11-6-7-17-29-24)25-15-13-22(14-16-25)21-8-2-1-3-9-21/h1-17H,18-20H2. The van der Waals surface area contributed by atoms with Crippen molar-refractivity contribution in [1.82, 2.24) is 9.88 Å². The van der Waals surface area contributed by atoms with Gasteiger partial charge in [0, 0.05) is 24.0 Å². The van der Waals surface area contributed by atoms with Crippen LogP contribution < -0.4 is 4.90 Å². The molecule has 1 aliphatic rings. The second kappa shape index (κ2) is 9.09. The number of hydrogen-bond acceptors (Lipinski definition) is 3. The van der Waals surface area contributed by atoms with Crippen LogP contribution in [0.5, 0.6) is 0 Å². The lowest BCUT2D eigenvalue weighted by atomic mass is 10.1. The smallest absolute Gasteiger partial charge is 0.254 e. The van der Waals surface area contributed by atoms with Crippen LogP contribution in [0.4, 0.5) is 5.69 Å². The van der Waals surface area contributed by atoms with Gasteiger partial charge in [0.2, 0.25) is 5.91 Å². The molecular formula is C28H23N3O2. The summed E-state index contributed by atoms with van der Waals surface area (Å²) >= 11 is 0. The number of carbonyl (C=O) groups is 2. The fourth-order valence-electron chi connectivity index (χ4n) is 4.13. The van der Waals surface area contributed by atoms with Crippen LogP contribution in [0, 0.1) is 0 Å². The number of carbonyl (C=O) groups excluding carboxylic acids is 2. The van der Waals surface area contributed by atoms with Gasteiger partial charge in [0.25, 0.3) is 5.91 Å². The summed E-state index contributed by atoms with van der Waals surface area (Å²) in [5, 5.41) is 0. The van der Waals surface area contributed by atoms with Crippen molar-refractivity contribution in [3.63, 3.8) is 0 Å². The number of anilines is 1. The highest BCUT2D eigenvalue weighted by atomic mass is 16.2. The Hall–Kier alpha value is -4.25. The van der Waals surface area contributed by atoms with Gasteiger partial charge in [0.1, 0.15) is 6.54 Å². The van der Waals surface area contributed by atoms with Crippen LogP contribution in [0.1, 0.15) is 21.6 Å². The molecule has 0 radical (unpaired) electrons. The maximum Gasteiger partial charge on any atom is 0.254 e. The van der Waals surface area contributed by atoms with Gasteiger partial charge in [0.15, 0.2) is 0 Å². The predicted octanol–water partition coefficient (Wildman–Crippen LogP) is 4.94. The zero-order chi connectivity index (χ0) is 22.6. The van der Waals surface area contributed by atoms with Gasteiger partial charge in [-0.15, -0.1) is 0 Å². The Morgan fingerprint density at radius 2 is 1.52 bits per heavy atom. The molecule has 0 unspecified atom stereocenters. The predicted molar refractivity (Wildman–Crippen MR) is 128 cm³/mol. The molecule has 5 rings (SSSR count). The first-order chi connectivity index (χ1) is 16.2. The van der Waals surface area contributed by atoms with E-state index >= 15 is 0 Å². The van der Waals surface area contributed by atoms with Crippen molar-refractivity contribution in [2.75, 3.05) is 11.4 Å². The van der Waals surface area contributed by atoms with Gasteiger partial charge >= 0.3 is 0 Å². The molecule has 0 bridgehead atoms. The van der Waals surface area contributed by atoms with Gasteiger partial charge in [-0.3, -0.25) is 14.6 Å². The topological polar surface area (TPSA) is 53.5 Å². The first-order valence-electron chi connectivity index (χ1n) is 10.9. The van der Waals surface area contributed by atoms with Crippen molar-refractivity contribution in [2.24, 2.45) is 0 Å². The molecule has 5 heteroatoms. The van der Waals surface area contributed by atoms with Crippen LogP contribution >= 0.6 is 0 Å². The zero-order valence-electron chi connectivity index (χ0n) is 18.1. The molecule has 5 nitrogen and oxygen atoms in total. The fraction of sp³-hybridized carbons (Fsp3) is 0.107. The Labute approximate surface area is 192 Å². The average Bonchev–Trinajstić information content (AvgIpc) is 3.19. The second-order valence-corrected chi connectivity index (χ2v) is 8.03. The highest BCUT2D eigenvalue weighted by Gasteiger charge is 2.30. The van der Waals surface area contributed by atoms with Crippen LogP contribution in [-0.2, 0) is 17.9 Å². The minimum Gasteiger partial charge on any atom is -0.325 e. The van der Waals surface area contributed by atoms with Crippen molar-refractivity contribution in [2.45, 2.75) is 13.1 Å². The van der Waals surface area contributed by atoms with Gasteiger partial charge < -0.3 is 9.80 Å². The lowest BCUT2D eigenvalue weighted by Gasteiger charge is -2.25. The van der Waals surface area contributed by atoms with E-state index in [9.17, 15) is 9.59 Å². The lowest BCUT2D eigenvalue weighted by molar-refractivity contribution is -0.119. The summed E-state index contributed by atoms with van der Waals surface area (Å²) in [5.74, 6) is -0.245. The van der Waals surface area contributed by atoms with E-state index in [4.69, 9.17) is 0 Å². The number of hydrogen-bond donors (Lipinski definition) is 0. The molecule has 2 amide bonds. The van der Waals surface area contributed by atoms with Gasteiger partial charge in [-0.2, -0.15) is 0 Å². The van der Waals surface area contributed by atoms with E-state index in [2.05, 4.69) is 17.1 Å². The maximum absolute atomic E-state index is 13.5. The van der Waals surface area contributed by atoms with Crippen molar-refractivity contribution < 1.29 is 9.59 Å². The first-order valence-corrected chi connectivity index (χ1v) is 10.9. The highest BCUT2D eigenvalue weighted by molar-refractivity contribution is 6.02. The number of benzene rings is 3. The Morgan fingerprint density at radius 3 is 2.24 bits per heavy atom. The highest BCUT2D eigenvalue weighted by Crippen LogP contribution is 2.26. The van der Waals surface area contributed by atoms with Crippen LogP contribution in [-0.4, -0.2) is 28.2 Å². The Balaban J connectivity index is 1.40. The van der Waals surface area contributed by atoms with E-state index in [-0.39, 0.29) is 18.4 Å². The number of aromatic nitrogens is 1. The molecule has 3 aromatic carbocycles. The van der Waals surface area contributed by atoms with Crippen molar-refractivity contribution >= 4 is 17.5 Å². The summed E-state index contributed by atoms with van der Waals surface area (Å²) in [6, 6.07) is 31.2. The normalized spacial score (nSPS) is 12.5. The Kier molecular flexibility index (Phi) is 5.68. The van der Waals surface area contributed by atoms with Crippen LogP contribution in [0.25, 0.3) is 11.1 Å². The van der Waals surface area contributed by atoms with Crippen molar-refractivity contribution in [1.29, 1.82) is 0 Å². The molecule has 4 aromatic rings. The molecule has 1 aliphatic heterocycles. The van der Waals surface area contributed by atoms with E-state index in [1.54, 1.807) is 16.0 Å². The van der Waals surface area contributed by atoms with Gasteiger partial charge in [-0.1, -0.05) is 66.7 Å². The molecule has 0 saturated heterocycles. The van der Waals surface area contributed by atoms with Crippen LogP contribution in [0.3, 0.4) is 0 Å². The van der Waals surface area contributed by atoms with E-state index in [0.29, 0.717) is 18.7 Å². The fourth-order valence-corrected chi connectivity index (χ4v) is 4.13. The van der Waals surface area contributed by atoms with Gasteiger partial charge in [-0.25, -0.2) is 0 Å². The average molecular weight is 434 g/mol. The number of fused-ring (bicyclic) bond motifs is 1. The summed E-state index contributed by atoms with van der Waals surface area (Å²) in [5.41, 5.74) is 5.39. The van der Waals surface area contributed by atoms with Gasteiger partial charge in [0.05, 0.1) is 12.2 Å². The summed E-state index contributed by atoms with van der Waals surface area (Å²) in [6.07, 6.45) is 1.72. The monoisotopic (exact) mass is 433 g/mol. The van der Waals surface area contributed by atoms with Crippen LogP contribution in [0.2, 0.25) is 0 Å². The molecule has 2 heterocycles. The van der Waals surface area contributed by atoms with Crippen LogP contribution in [0.15, 0.2) is 103 Å². The molecule has 0 atom stereocenters. The minimum absolute atomic E-state index is 0.0147. The zero-order valence-corrected chi connectivity index (χ0v) is 18.1. The molecule has 0 N–H and O–H groups in total. The summed E-state index contributed by atoms with van der Waals surface area (Å²) < 4.78 is 0. The quantitative estimate of drug-likeness (QED) is 0.433. The lowest BCUT2D eigenvalue weighted by Crippen LogP contribution is -2.40. The number of amides is 2. The molecule has 1 aromatic heterocycles. The molecule has 0 saturated carbocycles. The maximum atomic E-state index is 13.5. The van der Waals surface area contributed by atoms with Crippen molar-refractivity contribution in [3.05, 3.63) is 120 Å². The Bertz CT molecular complexity index is 1270. The summed E-state index contributed by atoms with van der Waals surface area (Å²) in [7, 11) is 0. The van der Waals surface area contributed by atoms with E-state index < -0.39 is 0 Å². The van der Waals surface area contributed by atoms with E-state index in [1.807, 2.05) is 84.9 Å². The Morgan fingerprint density at radius 1 is 0.818 bits per heavy atom. The summed E-state index contributed by atoms with van der Waals surface area (Å²) in [4.78, 5) is 34.0. The molecule has 0 fully saturated rings. The molecule has 33 heavy (non-hydrogen) atoms. The SMILES string of the molecule is O=C1c2ccccc2CN1CC(=O)N(Cc1ccccn1)c1ccc(-c2ccccc2)cc1. The minimum atomic E-state index is -0.144.